The first-order valence-electron chi connectivity index (χ1n) is 7.51. The summed E-state index contributed by atoms with van der Waals surface area (Å²) < 4.78 is 33.3. The van der Waals surface area contributed by atoms with E-state index in [2.05, 4.69) is 19.2 Å². The molecule has 2 heterocycles. The third kappa shape index (κ3) is 3.17. The minimum Gasteiger partial charge on any atom is -0.465 e. The average molecular weight is 314 g/mol. The number of piperidine rings is 1. The van der Waals surface area contributed by atoms with Crippen LogP contribution in [-0.2, 0) is 16.6 Å². The second-order valence-corrected chi connectivity index (χ2v) is 8.20. The smallest absolute Gasteiger partial charge is 0.246 e. The standard InChI is InChI=1S/C15H26N2O3S/c1-10-6-11(2)9-17(8-10)21(18,19)15-13(4)20-12(3)14(15)7-16-5/h10-11,16H,6-9H2,1-5H3. The molecule has 1 aromatic heterocycles. The zero-order chi connectivity index (χ0) is 15.8. The highest BCUT2D eigenvalue weighted by atomic mass is 32.2. The molecule has 0 saturated carbocycles. The number of furan rings is 1. The van der Waals surface area contributed by atoms with Gasteiger partial charge in [0, 0.05) is 25.2 Å². The monoisotopic (exact) mass is 314 g/mol. The second-order valence-electron chi connectivity index (χ2n) is 6.32. The van der Waals surface area contributed by atoms with Crippen LogP contribution in [0.15, 0.2) is 9.31 Å². The van der Waals surface area contributed by atoms with Crippen molar-refractivity contribution in [3.63, 3.8) is 0 Å². The van der Waals surface area contributed by atoms with Crippen molar-refractivity contribution in [1.29, 1.82) is 0 Å². The fourth-order valence-corrected chi connectivity index (χ4v) is 5.45. The Bertz CT molecular complexity index is 597. The van der Waals surface area contributed by atoms with Crippen LogP contribution < -0.4 is 5.32 Å². The fraction of sp³-hybridized carbons (Fsp3) is 0.733. The van der Waals surface area contributed by atoms with Gasteiger partial charge in [-0.3, -0.25) is 0 Å². The Balaban J connectivity index is 2.44. The number of aryl methyl sites for hydroxylation is 2. The van der Waals surface area contributed by atoms with Gasteiger partial charge in [-0.05, 0) is 39.2 Å². The Morgan fingerprint density at radius 2 is 1.76 bits per heavy atom. The zero-order valence-corrected chi connectivity index (χ0v) is 14.4. The van der Waals surface area contributed by atoms with E-state index < -0.39 is 10.0 Å². The Hall–Kier alpha value is -0.850. The number of nitrogens with zero attached hydrogens (tertiary/aromatic N) is 1. The van der Waals surface area contributed by atoms with Crippen LogP contribution >= 0.6 is 0 Å². The number of nitrogens with one attached hydrogen (secondary N) is 1. The van der Waals surface area contributed by atoms with Crippen LogP contribution in [0.5, 0.6) is 0 Å². The third-order valence-electron chi connectivity index (χ3n) is 4.11. The number of hydrogen-bond donors (Lipinski definition) is 1. The molecule has 2 unspecified atom stereocenters. The van der Waals surface area contributed by atoms with Gasteiger partial charge < -0.3 is 9.73 Å². The summed E-state index contributed by atoms with van der Waals surface area (Å²) in [6, 6.07) is 0. The highest BCUT2D eigenvalue weighted by molar-refractivity contribution is 7.89. The zero-order valence-electron chi connectivity index (χ0n) is 13.6. The van der Waals surface area contributed by atoms with Crippen LogP contribution in [-0.4, -0.2) is 32.9 Å². The normalized spacial score (nSPS) is 24.4. The molecule has 2 rings (SSSR count). The molecule has 1 aromatic rings. The lowest BCUT2D eigenvalue weighted by Gasteiger charge is -2.34. The number of sulfonamides is 1. The molecular formula is C15H26N2O3S. The van der Waals surface area contributed by atoms with E-state index in [0.29, 0.717) is 47.9 Å². The molecule has 2 atom stereocenters. The van der Waals surface area contributed by atoms with Gasteiger partial charge in [0.1, 0.15) is 16.4 Å². The largest absolute Gasteiger partial charge is 0.465 e. The maximum Gasteiger partial charge on any atom is 0.246 e. The van der Waals surface area contributed by atoms with Crippen LogP contribution in [0.2, 0.25) is 0 Å². The van der Waals surface area contributed by atoms with Crippen molar-refractivity contribution in [2.75, 3.05) is 20.1 Å². The fourth-order valence-electron chi connectivity index (χ4n) is 3.36. The van der Waals surface area contributed by atoms with Gasteiger partial charge in [-0.25, -0.2) is 8.42 Å². The van der Waals surface area contributed by atoms with E-state index in [9.17, 15) is 8.42 Å². The van der Waals surface area contributed by atoms with Crippen molar-refractivity contribution < 1.29 is 12.8 Å². The average Bonchev–Trinajstić information content (AvgIpc) is 2.64. The van der Waals surface area contributed by atoms with Gasteiger partial charge in [0.2, 0.25) is 10.0 Å². The topological polar surface area (TPSA) is 62.6 Å². The molecule has 21 heavy (non-hydrogen) atoms. The van der Waals surface area contributed by atoms with Crippen LogP contribution in [0, 0.1) is 25.7 Å². The number of hydrogen-bond acceptors (Lipinski definition) is 4. The minimum absolute atomic E-state index is 0.357. The molecule has 0 aliphatic carbocycles. The van der Waals surface area contributed by atoms with Crippen molar-refractivity contribution in [3.8, 4) is 0 Å². The summed E-state index contributed by atoms with van der Waals surface area (Å²) in [5.41, 5.74) is 0.751. The maximum absolute atomic E-state index is 13.0. The molecule has 0 spiro atoms. The summed E-state index contributed by atoms with van der Waals surface area (Å²) in [6.45, 7) is 9.46. The highest BCUT2D eigenvalue weighted by Crippen LogP contribution is 2.32. The number of rotatable bonds is 4. The predicted octanol–water partition coefficient (Wildman–Crippen LogP) is 2.28. The molecule has 0 radical (unpaired) electrons. The first-order valence-corrected chi connectivity index (χ1v) is 8.95. The minimum atomic E-state index is -3.49. The molecule has 1 saturated heterocycles. The van der Waals surface area contributed by atoms with E-state index in [4.69, 9.17) is 4.42 Å². The molecule has 120 valence electrons. The molecule has 0 bridgehead atoms. The molecule has 0 aromatic carbocycles. The van der Waals surface area contributed by atoms with Crippen molar-refractivity contribution in [1.82, 2.24) is 9.62 Å². The maximum atomic E-state index is 13.0. The Labute approximate surface area is 127 Å². The lowest BCUT2D eigenvalue weighted by molar-refractivity contribution is 0.222. The van der Waals surface area contributed by atoms with Crippen LogP contribution in [0.1, 0.15) is 37.4 Å². The lowest BCUT2D eigenvalue weighted by Crippen LogP contribution is -2.42. The van der Waals surface area contributed by atoms with Crippen LogP contribution in [0.3, 0.4) is 0 Å². The van der Waals surface area contributed by atoms with Crippen molar-refractivity contribution in [2.45, 2.75) is 45.6 Å². The summed E-state index contributed by atoms with van der Waals surface area (Å²) in [4.78, 5) is 0.357. The molecule has 1 aliphatic rings. The van der Waals surface area contributed by atoms with Gasteiger partial charge in [-0.2, -0.15) is 4.31 Å². The van der Waals surface area contributed by atoms with Gasteiger partial charge in [-0.1, -0.05) is 13.8 Å². The van der Waals surface area contributed by atoms with Crippen molar-refractivity contribution in [2.24, 2.45) is 11.8 Å². The first kappa shape index (κ1) is 16.5. The van der Waals surface area contributed by atoms with Gasteiger partial charge in [-0.15, -0.1) is 0 Å². The van der Waals surface area contributed by atoms with Crippen LogP contribution in [0.4, 0.5) is 0 Å². The molecule has 0 amide bonds. The van der Waals surface area contributed by atoms with Gasteiger partial charge >= 0.3 is 0 Å². The summed E-state index contributed by atoms with van der Waals surface area (Å²) in [5.74, 6) is 1.95. The quantitative estimate of drug-likeness (QED) is 0.926. The van der Waals surface area contributed by atoms with E-state index in [-0.39, 0.29) is 0 Å². The second kappa shape index (κ2) is 6.10. The summed E-state index contributed by atoms with van der Waals surface area (Å²) in [7, 11) is -1.68. The molecular weight excluding hydrogens is 288 g/mol. The summed E-state index contributed by atoms with van der Waals surface area (Å²) in [6.07, 6.45) is 1.08. The Morgan fingerprint density at radius 1 is 1.19 bits per heavy atom. The van der Waals surface area contributed by atoms with Gasteiger partial charge in [0.15, 0.2) is 0 Å². The van der Waals surface area contributed by atoms with Gasteiger partial charge in [0.05, 0.1) is 0 Å². The van der Waals surface area contributed by atoms with E-state index >= 15 is 0 Å². The summed E-state index contributed by atoms with van der Waals surface area (Å²) in [5, 5.41) is 3.03. The SMILES string of the molecule is CNCc1c(C)oc(C)c1S(=O)(=O)N1CC(C)CC(C)C1. The third-order valence-corrected chi connectivity index (χ3v) is 6.14. The first-order chi connectivity index (χ1) is 9.77. The molecule has 6 heteroatoms. The van der Waals surface area contributed by atoms with E-state index in [1.165, 1.54) is 0 Å². The highest BCUT2D eigenvalue weighted by Gasteiger charge is 2.36. The van der Waals surface area contributed by atoms with E-state index in [1.54, 1.807) is 11.2 Å². The van der Waals surface area contributed by atoms with E-state index in [0.717, 1.165) is 12.0 Å². The summed E-state index contributed by atoms with van der Waals surface area (Å²) >= 11 is 0. The molecule has 1 N–H and O–H groups in total. The molecule has 1 fully saturated rings. The van der Waals surface area contributed by atoms with E-state index in [1.807, 2.05) is 14.0 Å². The van der Waals surface area contributed by atoms with Gasteiger partial charge in [0.25, 0.3) is 0 Å². The Kier molecular flexibility index (Phi) is 4.80. The van der Waals surface area contributed by atoms with Crippen LogP contribution in [0.25, 0.3) is 0 Å². The lowest BCUT2D eigenvalue weighted by atomic mass is 9.94. The molecule has 5 nitrogen and oxygen atoms in total. The predicted molar refractivity (Wildman–Crippen MR) is 82.6 cm³/mol. The molecule has 1 aliphatic heterocycles. The van der Waals surface area contributed by atoms with Crippen molar-refractivity contribution >= 4 is 10.0 Å². The van der Waals surface area contributed by atoms with Crippen molar-refractivity contribution in [3.05, 3.63) is 17.1 Å². The Morgan fingerprint density at radius 3 is 2.29 bits per heavy atom.